The van der Waals surface area contributed by atoms with E-state index in [4.69, 9.17) is 16.3 Å². The first-order chi connectivity index (χ1) is 19.8. The van der Waals surface area contributed by atoms with Crippen LogP contribution in [0.15, 0.2) is 97.1 Å². The molecule has 1 N–H and O–H groups in total. The van der Waals surface area contributed by atoms with E-state index in [1.54, 1.807) is 6.07 Å². The topological polar surface area (TPSA) is 24.5 Å². The molecule has 0 saturated heterocycles. The van der Waals surface area contributed by atoms with Crippen molar-refractivity contribution in [2.45, 2.75) is 32.0 Å². The monoisotopic (exact) mass is 598 g/mol. The van der Waals surface area contributed by atoms with Crippen LogP contribution in [0.2, 0.25) is 5.02 Å². The maximum atomic E-state index is 13.6. The molecule has 3 nitrogen and oxygen atoms in total. The van der Waals surface area contributed by atoms with Gasteiger partial charge in [-0.3, -0.25) is 4.90 Å². The van der Waals surface area contributed by atoms with E-state index >= 15 is 0 Å². The number of anilines is 1. The van der Waals surface area contributed by atoms with Crippen LogP contribution in [0.4, 0.5) is 18.9 Å². The number of aryl methyl sites for hydroxylation is 1. The Morgan fingerprint density at radius 2 is 1.56 bits per heavy atom. The zero-order valence-electron chi connectivity index (χ0n) is 23.1. The molecule has 0 aliphatic carbocycles. The molecule has 216 valence electrons. The maximum Gasteiger partial charge on any atom is 0.417 e. The zero-order valence-corrected chi connectivity index (χ0v) is 24.7. The Bertz CT molecular complexity index is 1350. The summed E-state index contributed by atoms with van der Waals surface area (Å²) in [6, 6.07) is 30.5. The van der Waals surface area contributed by atoms with Gasteiger partial charge in [0.25, 0.3) is 0 Å². The molecule has 0 aliphatic heterocycles. The predicted octanol–water partition coefficient (Wildman–Crippen LogP) is 9.46. The van der Waals surface area contributed by atoms with Crippen molar-refractivity contribution in [1.82, 2.24) is 4.90 Å². The molecule has 0 aromatic heterocycles. The Hall–Kier alpha value is -3.13. The normalized spacial score (nSPS) is 11.7. The molecule has 0 bridgehead atoms. The van der Waals surface area contributed by atoms with E-state index in [9.17, 15) is 13.2 Å². The molecule has 0 aliphatic rings. The third-order valence-corrected chi connectivity index (χ3v) is 7.79. The molecule has 0 unspecified atom stereocenters. The van der Waals surface area contributed by atoms with Gasteiger partial charge in [-0.1, -0.05) is 102 Å². The summed E-state index contributed by atoms with van der Waals surface area (Å²) in [6.45, 7) is 3.98. The quantitative estimate of drug-likeness (QED) is 0.122. The van der Waals surface area contributed by atoms with Gasteiger partial charge in [0.05, 0.1) is 17.2 Å². The van der Waals surface area contributed by atoms with Gasteiger partial charge in [-0.25, -0.2) is 0 Å². The Balaban J connectivity index is 1.56. The maximum absolute atomic E-state index is 13.6. The van der Waals surface area contributed by atoms with E-state index in [0.717, 1.165) is 34.2 Å². The molecule has 0 spiro atoms. The summed E-state index contributed by atoms with van der Waals surface area (Å²) in [4.78, 5) is 2.17. The predicted molar refractivity (Wildman–Crippen MR) is 165 cm³/mol. The zero-order chi connectivity index (χ0) is 29.2. The van der Waals surface area contributed by atoms with Crippen LogP contribution in [0, 0.1) is 6.92 Å². The van der Waals surface area contributed by atoms with E-state index in [-0.39, 0.29) is 17.5 Å². The molecule has 8 heteroatoms. The van der Waals surface area contributed by atoms with Gasteiger partial charge < -0.3 is 9.46 Å². The van der Waals surface area contributed by atoms with Gasteiger partial charge in [0.1, 0.15) is 5.75 Å². The number of halogens is 4. The molecule has 41 heavy (non-hydrogen) atoms. The SMILES string of the molecule is CSNc1ccc(C)c(OCCCN(Cc2cccc(C(F)(F)F)c2Cl)CC(c2ccccc2)c2ccccc2)c1. The van der Waals surface area contributed by atoms with Crippen molar-refractivity contribution in [2.24, 2.45) is 0 Å². The average Bonchev–Trinajstić information content (AvgIpc) is 2.96. The third-order valence-electron chi connectivity index (χ3n) is 6.91. The van der Waals surface area contributed by atoms with Crippen LogP contribution < -0.4 is 9.46 Å². The summed E-state index contributed by atoms with van der Waals surface area (Å²) in [5.41, 5.74) is 3.93. The Morgan fingerprint density at radius 1 is 0.902 bits per heavy atom. The van der Waals surface area contributed by atoms with Gasteiger partial charge in [-0.15, -0.1) is 0 Å². The van der Waals surface area contributed by atoms with Crippen LogP contribution >= 0.6 is 23.5 Å². The Morgan fingerprint density at radius 3 is 2.17 bits per heavy atom. The van der Waals surface area contributed by atoms with Crippen molar-refractivity contribution in [1.29, 1.82) is 0 Å². The number of benzene rings is 4. The summed E-state index contributed by atoms with van der Waals surface area (Å²) < 4.78 is 50.2. The van der Waals surface area contributed by atoms with E-state index < -0.39 is 11.7 Å². The van der Waals surface area contributed by atoms with E-state index in [2.05, 4.69) is 33.9 Å². The molecular formula is C33H34ClF3N2OS. The van der Waals surface area contributed by atoms with E-state index in [0.29, 0.717) is 31.7 Å². The lowest BCUT2D eigenvalue weighted by Gasteiger charge is -2.29. The Kier molecular flexibility index (Phi) is 11.0. The van der Waals surface area contributed by atoms with Crippen LogP contribution in [0.3, 0.4) is 0 Å². The minimum Gasteiger partial charge on any atom is -0.493 e. The minimum atomic E-state index is -4.51. The average molecular weight is 599 g/mol. The standard InChI is InChI=1S/C33H34ClF3N2OS/c1-24-17-18-28(38-41-2)21-31(24)40-20-10-19-39(22-27-15-9-16-30(32(27)34)33(35,36)37)23-29(25-11-5-3-6-12-25)26-13-7-4-8-14-26/h3-9,11-18,21,29,38H,10,19-20,22-23H2,1-2H3. The second kappa shape index (κ2) is 14.7. The first-order valence-corrected chi connectivity index (χ1v) is 15.1. The first-order valence-electron chi connectivity index (χ1n) is 13.5. The third kappa shape index (κ3) is 8.68. The second-order valence-corrected chi connectivity index (χ2v) is 10.9. The highest BCUT2D eigenvalue weighted by molar-refractivity contribution is 7.99. The fourth-order valence-corrected chi connectivity index (χ4v) is 5.49. The number of hydrogen-bond donors (Lipinski definition) is 1. The van der Waals surface area contributed by atoms with Crippen molar-refractivity contribution in [3.63, 3.8) is 0 Å². The summed E-state index contributed by atoms with van der Waals surface area (Å²) in [7, 11) is 0. The summed E-state index contributed by atoms with van der Waals surface area (Å²) in [6.07, 6.45) is -1.86. The molecule has 0 saturated carbocycles. The van der Waals surface area contributed by atoms with Gasteiger partial charge in [0.15, 0.2) is 0 Å². The largest absolute Gasteiger partial charge is 0.493 e. The molecule has 0 heterocycles. The number of ether oxygens (including phenoxy) is 1. The highest BCUT2D eigenvalue weighted by Gasteiger charge is 2.34. The van der Waals surface area contributed by atoms with Crippen LogP contribution in [-0.4, -0.2) is 30.9 Å². The molecule has 4 aromatic carbocycles. The molecule has 0 fully saturated rings. The van der Waals surface area contributed by atoms with Crippen LogP contribution in [-0.2, 0) is 12.7 Å². The van der Waals surface area contributed by atoms with Crippen molar-refractivity contribution in [3.05, 3.63) is 130 Å². The second-order valence-electron chi connectivity index (χ2n) is 9.87. The minimum absolute atomic E-state index is 0.0273. The fraction of sp³-hybridized carbons (Fsp3) is 0.273. The lowest BCUT2D eigenvalue weighted by Crippen LogP contribution is -2.31. The highest BCUT2D eigenvalue weighted by atomic mass is 35.5. The molecule has 4 aromatic rings. The van der Waals surface area contributed by atoms with E-state index in [1.807, 2.05) is 67.8 Å². The number of nitrogens with one attached hydrogen (secondary N) is 1. The van der Waals surface area contributed by atoms with Gasteiger partial charge in [0.2, 0.25) is 0 Å². The van der Waals surface area contributed by atoms with Gasteiger partial charge >= 0.3 is 6.18 Å². The van der Waals surface area contributed by atoms with Crippen LogP contribution in [0.25, 0.3) is 0 Å². The van der Waals surface area contributed by atoms with Crippen molar-refractivity contribution < 1.29 is 17.9 Å². The summed E-state index contributed by atoms with van der Waals surface area (Å²) in [5.74, 6) is 0.836. The lowest BCUT2D eigenvalue weighted by molar-refractivity contribution is -0.137. The van der Waals surface area contributed by atoms with E-state index in [1.165, 1.54) is 18.0 Å². The smallest absolute Gasteiger partial charge is 0.417 e. The van der Waals surface area contributed by atoms with Gasteiger partial charge in [-0.2, -0.15) is 13.2 Å². The summed E-state index contributed by atoms with van der Waals surface area (Å²) >= 11 is 7.84. The van der Waals surface area contributed by atoms with Crippen molar-refractivity contribution in [2.75, 3.05) is 30.7 Å². The number of alkyl halides is 3. The number of nitrogens with zero attached hydrogens (tertiary/aromatic N) is 1. The highest BCUT2D eigenvalue weighted by Crippen LogP contribution is 2.37. The van der Waals surface area contributed by atoms with Crippen molar-refractivity contribution >= 4 is 29.2 Å². The molecule has 0 atom stereocenters. The van der Waals surface area contributed by atoms with Gasteiger partial charge in [-0.05, 0) is 47.7 Å². The molecule has 4 rings (SSSR count). The van der Waals surface area contributed by atoms with Gasteiger partial charge in [0, 0.05) is 43.6 Å². The number of hydrogen-bond acceptors (Lipinski definition) is 4. The van der Waals surface area contributed by atoms with Crippen molar-refractivity contribution in [3.8, 4) is 5.75 Å². The van der Waals surface area contributed by atoms with Crippen LogP contribution in [0.5, 0.6) is 5.75 Å². The first kappa shape index (κ1) is 30.8. The molecule has 0 radical (unpaired) electrons. The van der Waals surface area contributed by atoms with Crippen LogP contribution in [0.1, 0.15) is 40.2 Å². The Labute approximate surface area is 249 Å². The molecule has 0 amide bonds. The molecular weight excluding hydrogens is 565 g/mol. The summed E-state index contributed by atoms with van der Waals surface area (Å²) in [5, 5.41) is -0.244. The lowest BCUT2D eigenvalue weighted by atomic mass is 9.90. The number of rotatable bonds is 13. The fourth-order valence-electron chi connectivity index (χ4n) is 4.84.